The van der Waals surface area contributed by atoms with E-state index in [-0.39, 0.29) is 0 Å². The SMILES string of the molecule is ClCc1cc(Br)ccc1OCc1cncc(Br)c1. The van der Waals surface area contributed by atoms with E-state index < -0.39 is 0 Å². The molecule has 2 nitrogen and oxygen atoms in total. The van der Waals surface area contributed by atoms with E-state index in [2.05, 4.69) is 36.8 Å². The van der Waals surface area contributed by atoms with Crippen molar-refractivity contribution < 1.29 is 4.74 Å². The molecule has 0 spiro atoms. The molecule has 0 aliphatic heterocycles. The van der Waals surface area contributed by atoms with Crippen LogP contribution in [0.2, 0.25) is 0 Å². The average molecular weight is 391 g/mol. The zero-order valence-electron chi connectivity index (χ0n) is 9.37. The second-order valence-electron chi connectivity index (χ2n) is 3.69. The molecule has 0 amide bonds. The van der Waals surface area contributed by atoms with Crippen molar-refractivity contribution in [3.8, 4) is 5.75 Å². The maximum absolute atomic E-state index is 5.89. The maximum atomic E-state index is 5.89. The number of alkyl halides is 1. The predicted octanol–water partition coefficient (Wildman–Crippen LogP) is 4.92. The Morgan fingerprint density at radius 1 is 1.11 bits per heavy atom. The molecule has 0 N–H and O–H groups in total. The third-order valence-corrected chi connectivity index (χ3v) is 3.54. The van der Waals surface area contributed by atoms with E-state index in [0.29, 0.717) is 12.5 Å². The fourth-order valence-electron chi connectivity index (χ4n) is 1.49. The molecule has 1 heterocycles. The molecule has 1 aromatic heterocycles. The highest BCUT2D eigenvalue weighted by atomic mass is 79.9. The molecule has 0 fully saturated rings. The lowest BCUT2D eigenvalue weighted by Crippen LogP contribution is -1.98. The van der Waals surface area contributed by atoms with Crippen LogP contribution in [0.4, 0.5) is 0 Å². The monoisotopic (exact) mass is 389 g/mol. The van der Waals surface area contributed by atoms with Crippen LogP contribution in [0.5, 0.6) is 5.75 Å². The molecule has 5 heteroatoms. The fraction of sp³-hybridized carbons (Fsp3) is 0.154. The topological polar surface area (TPSA) is 22.1 Å². The third-order valence-electron chi connectivity index (χ3n) is 2.32. The van der Waals surface area contributed by atoms with Crippen molar-refractivity contribution in [2.24, 2.45) is 0 Å². The second kappa shape index (κ2) is 6.55. The standard InChI is InChI=1S/C13H10Br2ClNO/c14-11-1-2-13(10(4-11)5-16)18-8-9-3-12(15)7-17-6-9/h1-4,6-7H,5,8H2. The first kappa shape index (κ1) is 13.8. The first-order valence-corrected chi connectivity index (χ1v) is 7.37. The molecule has 2 rings (SSSR count). The van der Waals surface area contributed by atoms with Gasteiger partial charge in [0.15, 0.2) is 0 Å². The Kier molecular flexibility index (Phi) is 5.03. The van der Waals surface area contributed by atoms with Gasteiger partial charge < -0.3 is 4.74 Å². The average Bonchev–Trinajstić information content (AvgIpc) is 2.37. The highest BCUT2D eigenvalue weighted by Crippen LogP contribution is 2.25. The number of rotatable bonds is 4. The summed E-state index contributed by atoms with van der Waals surface area (Å²) in [5, 5.41) is 0. The summed E-state index contributed by atoms with van der Waals surface area (Å²) in [6.45, 7) is 0.470. The van der Waals surface area contributed by atoms with Crippen LogP contribution >= 0.6 is 43.5 Å². The fourth-order valence-corrected chi connectivity index (χ4v) is 2.52. The number of pyridine rings is 1. The largest absolute Gasteiger partial charge is 0.489 e. The Bertz CT molecular complexity index is 548. The minimum Gasteiger partial charge on any atom is -0.489 e. The zero-order chi connectivity index (χ0) is 13.0. The van der Waals surface area contributed by atoms with Crippen LogP contribution in [0.15, 0.2) is 45.6 Å². The number of benzene rings is 1. The highest BCUT2D eigenvalue weighted by Gasteiger charge is 2.04. The number of aromatic nitrogens is 1. The van der Waals surface area contributed by atoms with Crippen LogP contribution in [0.3, 0.4) is 0 Å². The minimum absolute atomic E-state index is 0.422. The van der Waals surface area contributed by atoms with Crippen LogP contribution in [0.1, 0.15) is 11.1 Å². The van der Waals surface area contributed by atoms with Gasteiger partial charge in [0.25, 0.3) is 0 Å². The van der Waals surface area contributed by atoms with Crippen LogP contribution < -0.4 is 4.74 Å². The van der Waals surface area contributed by atoms with Gasteiger partial charge in [0, 0.05) is 32.5 Å². The first-order valence-electron chi connectivity index (χ1n) is 5.25. The van der Waals surface area contributed by atoms with Gasteiger partial charge in [0.1, 0.15) is 12.4 Å². The lowest BCUT2D eigenvalue weighted by molar-refractivity contribution is 0.303. The molecule has 0 saturated heterocycles. The summed E-state index contributed by atoms with van der Waals surface area (Å²) in [5.41, 5.74) is 1.97. The van der Waals surface area contributed by atoms with Crippen molar-refractivity contribution in [3.05, 3.63) is 56.7 Å². The number of ether oxygens (including phenoxy) is 1. The number of nitrogens with zero attached hydrogens (tertiary/aromatic N) is 1. The molecule has 0 bridgehead atoms. The Hall–Kier alpha value is -0.580. The van der Waals surface area contributed by atoms with Crippen molar-refractivity contribution >= 4 is 43.5 Å². The Labute approximate surface area is 128 Å². The van der Waals surface area contributed by atoms with Crippen LogP contribution in [-0.2, 0) is 12.5 Å². The maximum Gasteiger partial charge on any atom is 0.124 e. The summed E-state index contributed by atoms with van der Waals surface area (Å²) >= 11 is 12.7. The van der Waals surface area contributed by atoms with E-state index >= 15 is 0 Å². The van der Waals surface area contributed by atoms with E-state index in [1.54, 1.807) is 12.4 Å². The molecule has 0 aliphatic carbocycles. The molecule has 18 heavy (non-hydrogen) atoms. The molecule has 0 aliphatic rings. The van der Waals surface area contributed by atoms with Gasteiger partial charge >= 0.3 is 0 Å². The summed E-state index contributed by atoms with van der Waals surface area (Å²) in [6, 6.07) is 7.78. The third kappa shape index (κ3) is 3.70. The first-order chi connectivity index (χ1) is 8.69. The van der Waals surface area contributed by atoms with Crippen molar-refractivity contribution in [2.75, 3.05) is 0 Å². The Balaban J connectivity index is 2.10. The predicted molar refractivity (Wildman–Crippen MR) is 80.0 cm³/mol. The van der Waals surface area contributed by atoms with Gasteiger partial charge in [-0.15, -0.1) is 11.6 Å². The molecule has 94 valence electrons. The summed E-state index contributed by atoms with van der Waals surface area (Å²) in [7, 11) is 0. The van der Waals surface area contributed by atoms with Crippen molar-refractivity contribution in [1.29, 1.82) is 0 Å². The molecule has 0 atom stereocenters. The van der Waals surface area contributed by atoms with Gasteiger partial charge in [-0.3, -0.25) is 4.98 Å². The van der Waals surface area contributed by atoms with Gasteiger partial charge in [0.2, 0.25) is 0 Å². The van der Waals surface area contributed by atoms with Crippen molar-refractivity contribution in [1.82, 2.24) is 4.98 Å². The minimum atomic E-state index is 0.422. The van der Waals surface area contributed by atoms with Crippen molar-refractivity contribution in [2.45, 2.75) is 12.5 Å². The quantitative estimate of drug-likeness (QED) is 0.690. The summed E-state index contributed by atoms with van der Waals surface area (Å²) in [6.07, 6.45) is 3.53. The molecule has 0 radical (unpaired) electrons. The summed E-state index contributed by atoms with van der Waals surface area (Å²) < 4.78 is 7.69. The van der Waals surface area contributed by atoms with Crippen LogP contribution in [-0.4, -0.2) is 4.98 Å². The number of halogens is 3. The van der Waals surface area contributed by atoms with Gasteiger partial charge in [-0.25, -0.2) is 0 Å². The highest BCUT2D eigenvalue weighted by molar-refractivity contribution is 9.10. The Morgan fingerprint density at radius 2 is 1.94 bits per heavy atom. The van der Waals surface area contributed by atoms with Gasteiger partial charge in [-0.1, -0.05) is 15.9 Å². The van der Waals surface area contributed by atoms with Crippen LogP contribution in [0.25, 0.3) is 0 Å². The van der Waals surface area contributed by atoms with E-state index in [9.17, 15) is 0 Å². The Morgan fingerprint density at radius 3 is 2.67 bits per heavy atom. The molecular formula is C13H10Br2ClNO. The number of hydrogen-bond acceptors (Lipinski definition) is 2. The normalized spacial score (nSPS) is 10.4. The molecule has 2 aromatic rings. The lowest BCUT2D eigenvalue weighted by Gasteiger charge is -2.10. The smallest absolute Gasteiger partial charge is 0.124 e. The summed E-state index contributed by atoms with van der Waals surface area (Å²) in [5.74, 6) is 1.22. The zero-order valence-corrected chi connectivity index (χ0v) is 13.3. The van der Waals surface area contributed by atoms with E-state index in [4.69, 9.17) is 16.3 Å². The molecular weight excluding hydrogens is 381 g/mol. The molecule has 0 unspecified atom stereocenters. The van der Waals surface area contributed by atoms with Crippen molar-refractivity contribution in [3.63, 3.8) is 0 Å². The van der Waals surface area contributed by atoms with E-state index in [1.165, 1.54) is 0 Å². The van der Waals surface area contributed by atoms with Gasteiger partial charge in [-0.05, 0) is 40.2 Å². The lowest BCUT2D eigenvalue weighted by atomic mass is 10.2. The molecule has 0 saturated carbocycles. The van der Waals surface area contributed by atoms with Crippen LogP contribution in [0, 0.1) is 0 Å². The second-order valence-corrected chi connectivity index (χ2v) is 5.78. The number of hydrogen-bond donors (Lipinski definition) is 0. The van der Waals surface area contributed by atoms with E-state index in [0.717, 1.165) is 25.8 Å². The van der Waals surface area contributed by atoms with Gasteiger partial charge in [-0.2, -0.15) is 0 Å². The van der Waals surface area contributed by atoms with E-state index in [1.807, 2.05) is 24.3 Å². The molecule has 1 aromatic carbocycles. The van der Waals surface area contributed by atoms with Gasteiger partial charge in [0.05, 0.1) is 5.88 Å². The summed E-state index contributed by atoms with van der Waals surface area (Å²) in [4.78, 5) is 4.09.